The first kappa shape index (κ1) is 21.0. The second-order valence-corrected chi connectivity index (χ2v) is 6.26. The molecule has 1 atom stereocenters. The summed E-state index contributed by atoms with van der Waals surface area (Å²) in [6, 6.07) is 15.4. The Morgan fingerprint density at radius 1 is 1.00 bits per heavy atom. The zero-order chi connectivity index (χ0) is 20.5. The van der Waals surface area contributed by atoms with Gasteiger partial charge >= 0.3 is 5.97 Å². The third kappa shape index (κ3) is 6.12. The van der Waals surface area contributed by atoms with Crippen LogP contribution in [0.1, 0.15) is 23.7 Å². The van der Waals surface area contributed by atoms with Gasteiger partial charge in [-0.1, -0.05) is 25.1 Å². The number of nitrogens with zero attached hydrogens (tertiary/aromatic N) is 1. The molecule has 28 heavy (non-hydrogen) atoms. The number of rotatable bonds is 8. The van der Waals surface area contributed by atoms with E-state index >= 15 is 0 Å². The Kier molecular flexibility index (Phi) is 7.56. The molecule has 0 aliphatic carbocycles. The fraction of sp³-hybridized carbons (Fsp3) is 0.286. The summed E-state index contributed by atoms with van der Waals surface area (Å²) in [4.78, 5) is 37.5. The molecule has 0 aliphatic heterocycles. The Hall–Kier alpha value is -3.35. The molecule has 2 amide bonds. The van der Waals surface area contributed by atoms with Crippen LogP contribution in [0.5, 0.6) is 5.75 Å². The molecule has 0 spiro atoms. The number of benzene rings is 2. The van der Waals surface area contributed by atoms with Gasteiger partial charge in [-0.3, -0.25) is 9.59 Å². The van der Waals surface area contributed by atoms with Crippen LogP contribution in [0.3, 0.4) is 0 Å². The van der Waals surface area contributed by atoms with E-state index in [1.807, 2.05) is 6.07 Å². The Balaban J connectivity index is 1.84. The molecule has 0 radical (unpaired) electrons. The molecule has 7 heteroatoms. The number of carbonyl (C=O) groups is 3. The van der Waals surface area contributed by atoms with Crippen molar-refractivity contribution in [2.45, 2.75) is 19.4 Å². The highest BCUT2D eigenvalue weighted by atomic mass is 16.6. The maximum atomic E-state index is 12.1. The number of anilines is 1. The van der Waals surface area contributed by atoms with Crippen LogP contribution in [0.25, 0.3) is 0 Å². The Morgan fingerprint density at radius 3 is 2.21 bits per heavy atom. The lowest BCUT2D eigenvalue weighted by atomic mass is 10.2. The average molecular weight is 384 g/mol. The summed E-state index contributed by atoms with van der Waals surface area (Å²) in [5, 5.41) is 2.62. The average Bonchev–Trinajstić information content (AvgIpc) is 2.71. The van der Waals surface area contributed by atoms with Crippen LogP contribution in [0.2, 0.25) is 0 Å². The molecule has 0 unspecified atom stereocenters. The molecule has 0 bridgehead atoms. The van der Waals surface area contributed by atoms with Crippen molar-refractivity contribution in [2.75, 3.05) is 26.0 Å². The first-order valence-corrected chi connectivity index (χ1v) is 8.90. The molecule has 2 aromatic rings. The second kappa shape index (κ2) is 10.1. The van der Waals surface area contributed by atoms with Crippen molar-refractivity contribution in [3.05, 3.63) is 60.2 Å². The highest BCUT2D eigenvalue weighted by Crippen LogP contribution is 2.14. The van der Waals surface area contributed by atoms with Gasteiger partial charge in [-0.2, -0.15) is 0 Å². The van der Waals surface area contributed by atoms with Gasteiger partial charge in [0.25, 0.3) is 11.8 Å². The van der Waals surface area contributed by atoms with Gasteiger partial charge in [-0.15, -0.1) is 0 Å². The van der Waals surface area contributed by atoms with E-state index in [1.165, 1.54) is 4.90 Å². The molecular weight excluding hydrogens is 360 g/mol. The fourth-order valence-corrected chi connectivity index (χ4v) is 2.34. The maximum absolute atomic E-state index is 12.1. The van der Waals surface area contributed by atoms with Crippen LogP contribution in [0.4, 0.5) is 5.69 Å². The minimum absolute atomic E-state index is 0.129. The summed E-state index contributed by atoms with van der Waals surface area (Å²) in [5.74, 6) is -0.651. The van der Waals surface area contributed by atoms with E-state index < -0.39 is 24.6 Å². The largest absolute Gasteiger partial charge is 0.479 e. The lowest BCUT2D eigenvalue weighted by Crippen LogP contribution is -2.31. The summed E-state index contributed by atoms with van der Waals surface area (Å²) in [7, 11) is 3.33. The molecule has 0 aliphatic rings. The highest BCUT2D eigenvalue weighted by molar-refractivity contribution is 5.96. The third-order valence-corrected chi connectivity index (χ3v) is 3.82. The summed E-state index contributed by atoms with van der Waals surface area (Å²) < 4.78 is 10.6. The van der Waals surface area contributed by atoms with Crippen LogP contribution in [0.15, 0.2) is 54.6 Å². The van der Waals surface area contributed by atoms with Crippen LogP contribution in [-0.2, 0) is 14.3 Å². The van der Waals surface area contributed by atoms with Crippen LogP contribution in [-0.4, -0.2) is 49.5 Å². The van der Waals surface area contributed by atoms with Crippen LogP contribution < -0.4 is 10.1 Å². The number of carbonyl (C=O) groups excluding carboxylic acids is 3. The van der Waals surface area contributed by atoms with Crippen molar-refractivity contribution < 1.29 is 23.9 Å². The molecule has 0 saturated heterocycles. The van der Waals surface area contributed by atoms with Gasteiger partial charge in [-0.05, 0) is 42.8 Å². The lowest BCUT2D eigenvalue weighted by Gasteiger charge is -2.16. The second-order valence-electron chi connectivity index (χ2n) is 6.26. The van der Waals surface area contributed by atoms with Crippen molar-refractivity contribution in [1.29, 1.82) is 0 Å². The predicted octanol–water partition coefficient (Wildman–Crippen LogP) is 2.73. The van der Waals surface area contributed by atoms with Crippen molar-refractivity contribution in [2.24, 2.45) is 0 Å². The molecule has 0 fully saturated rings. The van der Waals surface area contributed by atoms with Gasteiger partial charge in [0.2, 0.25) is 0 Å². The number of ether oxygens (including phenoxy) is 2. The standard InChI is InChI=1S/C21H24N2O5/c1-4-18(28-17-8-6-5-7-9-17)21(26)27-14-19(24)22-16-12-10-15(11-13-16)20(25)23(2)3/h5-13,18H,4,14H2,1-3H3,(H,22,24)/t18-/m0/s1. The van der Waals surface area contributed by atoms with E-state index in [1.54, 1.807) is 69.6 Å². The zero-order valence-electron chi connectivity index (χ0n) is 16.2. The number of para-hydroxylation sites is 1. The fourth-order valence-electron chi connectivity index (χ4n) is 2.34. The van der Waals surface area contributed by atoms with Gasteiger partial charge in [0.05, 0.1) is 0 Å². The van der Waals surface area contributed by atoms with E-state index in [0.29, 0.717) is 23.4 Å². The maximum Gasteiger partial charge on any atom is 0.347 e. The van der Waals surface area contributed by atoms with E-state index in [2.05, 4.69) is 5.32 Å². The number of hydrogen-bond donors (Lipinski definition) is 1. The van der Waals surface area contributed by atoms with Gasteiger partial charge in [0, 0.05) is 25.3 Å². The van der Waals surface area contributed by atoms with Crippen molar-refractivity contribution in [3.63, 3.8) is 0 Å². The number of nitrogens with one attached hydrogen (secondary N) is 1. The Morgan fingerprint density at radius 2 is 1.64 bits per heavy atom. The summed E-state index contributed by atoms with van der Waals surface area (Å²) in [6.07, 6.45) is -0.372. The monoisotopic (exact) mass is 384 g/mol. The van der Waals surface area contributed by atoms with E-state index in [0.717, 1.165) is 0 Å². The lowest BCUT2D eigenvalue weighted by molar-refractivity contribution is -0.154. The molecule has 0 aromatic heterocycles. The molecule has 0 heterocycles. The van der Waals surface area contributed by atoms with E-state index in [-0.39, 0.29) is 5.91 Å². The molecule has 148 valence electrons. The number of hydrogen-bond acceptors (Lipinski definition) is 5. The number of amides is 2. The molecule has 2 rings (SSSR count). The first-order valence-electron chi connectivity index (χ1n) is 8.90. The quantitative estimate of drug-likeness (QED) is 0.708. The Labute approximate surface area is 164 Å². The van der Waals surface area contributed by atoms with Crippen molar-refractivity contribution >= 4 is 23.5 Å². The normalized spacial score (nSPS) is 11.2. The molecule has 0 saturated carbocycles. The number of esters is 1. The summed E-state index contributed by atoms with van der Waals surface area (Å²) in [5.41, 5.74) is 1.02. The third-order valence-electron chi connectivity index (χ3n) is 3.82. The zero-order valence-corrected chi connectivity index (χ0v) is 16.2. The van der Waals surface area contributed by atoms with Crippen LogP contribution >= 0.6 is 0 Å². The minimum Gasteiger partial charge on any atom is -0.479 e. The minimum atomic E-state index is -0.786. The first-order chi connectivity index (χ1) is 13.4. The van der Waals surface area contributed by atoms with E-state index in [9.17, 15) is 14.4 Å². The van der Waals surface area contributed by atoms with Gasteiger partial charge in [0.15, 0.2) is 12.7 Å². The molecule has 7 nitrogen and oxygen atoms in total. The van der Waals surface area contributed by atoms with Gasteiger partial charge in [0.1, 0.15) is 5.75 Å². The highest BCUT2D eigenvalue weighted by Gasteiger charge is 2.21. The van der Waals surface area contributed by atoms with Gasteiger partial charge < -0.3 is 19.7 Å². The smallest absolute Gasteiger partial charge is 0.347 e. The van der Waals surface area contributed by atoms with Crippen molar-refractivity contribution in [1.82, 2.24) is 4.90 Å². The molecular formula is C21H24N2O5. The van der Waals surface area contributed by atoms with E-state index in [4.69, 9.17) is 9.47 Å². The molecule has 2 aromatic carbocycles. The molecule has 1 N–H and O–H groups in total. The predicted molar refractivity (Wildman–Crippen MR) is 105 cm³/mol. The topological polar surface area (TPSA) is 84.9 Å². The summed E-state index contributed by atoms with van der Waals surface area (Å²) >= 11 is 0. The SMILES string of the molecule is CC[C@H](Oc1ccccc1)C(=O)OCC(=O)Nc1ccc(C(=O)N(C)C)cc1. The van der Waals surface area contributed by atoms with Crippen molar-refractivity contribution in [3.8, 4) is 5.75 Å². The van der Waals surface area contributed by atoms with Crippen LogP contribution in [0, 0.1) is 0 Å². The summed E-state index contributed by atoms with van der Waals surface area (Å²) in [6.45, 7) is 1.37. The van der Waals surface area contributed by atoms with Gasteiger partial charge in [-0.25, -0.2) is 4.79 Å². The Bertz CT molecular complexity index is 803.